The number of ketones is 2. The molecule has 0 atom stereocenters. The van der Waals surface area contributed by atoms with Crippen LogP contribution in [-0.2, 0) is 9.59 Å². The predicted octanol–water partition coefficient (Wildman–Crippen LogP) is 6.73. The van der Waals surface area contributed by atoms with Crippen LogP contribution in [0.25, 0.3) is 21.9 Å². The van der Waals surface area contributed by atoms with E-state index >= 15 is 0 Å². The van der Waals surface area contributed by atoms with Gasteiger partial charge in [-0.2, -0.15) is 0 Å². The number of esters is 2. The minimum Gasteiger partial charge on any atom is -0.453 e. The Morgan fingerprint density at radius 3 is 1.46 bits per heavy atom. The van der Waals surface area contributed by atoms with Gasteiger partial charge in [-0.05, 0) is 74.2 Å². The van der Waals surface area contributed by atoms with E-state index in [0.29, 0.717) is 34.2 Å². The van der Waals surface area contributed by atoms with Gasteiger partial charge in [-0.1, -0.05) is 15.9 Å². The Morgan fingerprint density at radius 1 is 0.676 bits per heavy atom. The molecule has 4 aromatic rings. The lowest BCUT2D eigenvalue weighted by Gasteiger charge is -2.08. The number of halogens is 1. The molecular formula is C28H27BrO8. The van der Waals surface area contributed by atoms with Crippen molar-refractivity contribution in [2.45, 2.75) is 48.5 Å². The maximum absolute atomic E-state index is 11.6. The van der Waals surface area contributed by atoms with Gasteiger partial charge < -0.3 is 18.3 Å². The van der Waals surface area contributed by atoms with Crippen LogP contribution >= 0.6 is 15.9 Å². The highest BCUT2D eigenvalue weighted by molar-refractivity contribution is 9.09. The summed E-state index contributed by atoms with van der Waals surface area (Å²) in [6.07, 6.45) is 0. The lowest BCUT2D eigenvalue weighted by atomic mass is 10.1. The number of ether oxygens (including phenoxy) is 2. The Morgan fingerprint density at radius 2 is 1.08 bits per heavy atom. The summed E-state index contributed by atoms with van der Waals surface area (Å²) < 4.78 is 21.4. The van der Waals surface area contributed by atoms with Crippen LogP contribution in [-0.4, -0.2) is 28.8 Å². The van der Waals surface area contributed by atoms with Gasteiger partial charge in [0.15, 0.2) is 17.3 Å². The highest BCUT2D eigenvalue weighted by Gasteiger charge is 2.17. The first kappa shape index (κ1) is 27.9. The summed E-state index contributed by atoms with van der Waals surface area (Å²) >= 11 is 3.11. The second-order valence-corrected chi connectivity index (χ2v) is 9.17. The normalized spacial score (nSPS) is 10.7. The number of alkyl halides is 1. The standard InChI is InChI=1S/C14H13BrO4.C14H14O4/c1-7-8(2)14-10(4-12(7)18-9(3)16)5-13(19-14)11(17)6-15;1-7-8(2)14-11(5-12(7)17-10(4)16)6-13(18-14)9(3)15/h4-5H,6H2,1-3H3;5-6H,1-4H3. The molecule has 4 rings (SSSR count). The van der Waals surface area contributed by atoms with Crippen molar-refractivity contribution in [3.8, 4) is 11.5 Å². The zero-order chi connectivity index (χ0) is 27.6. The zero-order valence-electron chi connectivity index (χ0n) is 21.7. The molecule has 2 aromatic carbocycles. The van der Waals surface area contributed by atoms with Crippen molar-refractivity contribution in [3.63, 3.8) is 0 Å². The Balaban J connectivity index is 0.000000206. The SMILES string of the molecule is CC(=O)Oc1cc2cc(C(=O)CBr)oc2c(C)c1C.CC(=O)Oc1cc2cc(C(C)=O)oc2c(C)c1C. The lowest BCUT2D eigenvalue weighted by Crippen LogP contribution is -2.03. The fourth-order valence-electron chi connectivity index (χ4n) is 3.72. The summed E-state index contributed by atoms with van der Waals surface area (Å²) in [4.78, 5) is 45.0. The summed E-state index contributed by atoms with van der Waals surface area (Å²) in [6, 6.07) is 6.76. The zero-order valence-corrected chi connectivity index (χ0v) is 23.2. The molecule has 8 nitrogen and oxygen atoms in total. The number of fused-ring (bicyclic) bond motifs is 2. The molecule has 0 spiro atoms. The quantitative estimate of drug-likeness (QED) is 0.112. The Kier molecular flexibility index (Phi) is 8.38. The van der Waals surface area contributed by atoms with Crippen LogP contribution in [0.5, 0.6) is 11.5 Å². The van der Waals surface area contributed by atoms with Crippen molar-refractivity contribution in [3.05, 3.63) is 58.0 Å². The second kappa shape index (κ2) is 11.1. The van der Waals surface area contributed by atoms with Crippen LogP contribution in [0.1, 0.15) is 64.1 Å². The van der Waals surface area contributed by atoms with Gasteiger partial charge in [-0.3, -0.25) is 19.2 Å². The highest BCUT2D eigenvalue weighted by Crippen LogP contribution is 2.33. The smallest absolute Gasteiger partial charge is 0.308 e. The number of carbonyl (C=O) groups is 4. The van der Waals surface area contributed by atoms with E-state index < -0.39 is 0 Å². The number of aryl methyl sites for hydroxylation is 2. The maximum Gasteiger partial charge on any atom is 0.308 e. The molecule has 0 amide bonds. The molecule has 0 radical (unpaired) electrons. The minimum atomic E-state index is -0.373. The van der Waals surface area contributed by atoms with Crippen molar-refractivity contribution < 1.29 is 37.5 Å². The Hall–Kier alpha value is -3.72. The molecule has 2 aromatic heterocycles. The number of hydrogen-bond acceptors (Lipinski definition) is 8. The Bertz CT molecular complexity index is 1550. The maximum atomic E-state index is 11.6. The number of carbonyl (C=O) groups excluding carboxylic acids is 4. The second-order valence-electron chi connectivity index (χ2n) is 8.61. The molecule has 0 bridgehead atoms. The van der Waals surface area contributed by atoms with E-state index in [4.69, 9.17) is 18.3 Å². The molecule has 2 heterocycles. The monoisotopic (exact) mass is 570 g/mol. The van der Waals surface area contributed by atoms with E-state index in [9.17, 15) is 19.2 Å². The first-order valence-corrected chi connectivity index (χ1v) is 12.5. The van der Waals surface area contributed by atoms with Gasteiger partial charge in [-0.15, -0.1) is 0 Å². The topological polar surface area (TPSA) is 113 Å². The molecule has 0 unspecified atom stereocenters. The summed E-state index contributed by atoms with van der Waals surface area (Å²) in [5.41, 5.74) is 4.71. The van der Waals surface area contributed by atoms with E-state index in [-0.39, 0.29) is 28.8 Å². The first-order chi connectivity index (χ1) is 17.3. The summed E-state index contributed by atoms with van der Waals surface area (Å²) in [5.74, 6) is 0.621. The molecule has 0 saturated carbocycles. The van der Waals surface area contributed by atoms with Crippen molar-refractivity contribution in [1.29, 1.82) is 0 Å². The largest absolute Gasteiger partial charge is 0.453 e. The van der Waals surface area contributed by atoms with Gasteiger partial charge in [0.1, 0.15) is 22.7 Å². The average Bonchev–Trinajstić information content (AvgIpc) is 3.45. The van der Waals surface area contributed by atoms with E-state index in [1.54, 1.807) is 24.3 Å². The van der Waals surface area contributed by atoms with Crippen LogP contribution in [0.3, 0.4) is 0 Å². The number of Topliss-reactive ketones (excluding diaryl/α,β-unsaturated/α-hetero) is 2. The molecule has 0 aliphatic carbocycles. The van der Waals surface area contributed by atoms with Crippen molar-refractivity contribution in [1.82, 2.24) is 0 Å². The van der Waals surface area contributed by atoms with Crippen LogP contribution in [0.2, 0.25) is 0 Å². The van der Waals surface area contributed by atoms with Crippen LogP contribution in [0.15, 0.2) is 33.1 Å². The summed E-state index contributed by atoms with van der Waals surface area (Å²) in [5, 5.41) is 1.73. The molecule has 0 fully saturated rings. The van der Waals surface area contributed by atoms with E-state index in [1.165, 1.54) is 20.8 Å². The third kappa shape index (κ3) is 5.99. The lowest BCUT2D eigenvalue weighted by molar-refractivity contribution is -0.132. The van der Waals surface area contributed by atoms with Crippen molar-refractivity contribution >= 4 is 61.4 Å². The molecule has 0 aliphatic heterocycles. The molecule has 0 aliphatic rings. The number of benzene rings is 2. The van der Waals surface area contributed by atoms with Crippen LogP contribution in [0.4, 0.5) is 0 Å². The number of hydrogen-bond donors (Lipinski definition) is 0. The molecule has 9 heteroatoms. The highest BCUT2D eigenvalue weighted by atomic mass is 79.9. The molecule has 37 heavy (non-hydrogen) atoms. The predicted molar refractivity (Wildman–Crippen MR) is 142 cm³/mol. The van der Waals surface area contributed by atoms with Gasteiger partial charge in [0.2, 0.25) is 5.78 Å². The third-order valence-electron chi connectivity index (χ3n) is 5.89. The molecule has 0 N–H and O–H groups in total. The third-order valence-corrected chi connectivity index (χ3v) is 6.40. The first-order valence-electron chi connectivity index (χ1n) is 11.4. The molecule has 0 saturated heterocycles. The number of furan rings is 2. The van der Waals surface area contributed by atoms with Gasteiger partial charge in [-0.25, -0.2) is 0 Å². The van der Waals surface area contributed by atoms with Crippen LogP contribution in [0, 0.1) is 27.7 Å². The average molecular weight is 571 g/mol. The minimum absolute atomic E-state index is 0.123. The van der Waals surface area contributed by atoms with Crippen molar-refractivity contribution in [2.75, 3.05) is 5.33 Å². The van der Waals surface area contributed by atoms with E-state index in [2.05, 4.69) is 15.9 Å². The molecule has 194 valence electrons. The molecular weight excluding hydrogens is 544 g/mol. The fraction of sp³-hybridized carbons (Fsp3) is 0.286. The Labute approximate surface area is 222 Å². The van der Waals surface area contributed by atoms with E-state index in [1.807, 2.05) is 27.7 Å². The van der Waals surface area contributed by atoms with Gasteiger partial charge >= 0.3 is 11.9 Å². The van der Waals surface area contributed by atoms with Crippen molar-refractivity contribution in [2.24, 2.45) is 0 Å². The van der Waals surface area contributed by atoms with Gasteiger partial charge in [0.05, 0.1) is 5.33 Å². The fourth-order valence-corrected chi connectivity index (χ4v) is 3.99. The number of rotatable bonds is 5. The van der Waals surface area contributed by atoms with Gasteiger partial charge in [0.25, 0.3) is 0 Å². The van der Waals surface area contributed by atoms with Gasteiger partial charge in [0, 0.05) is 31.5 Å². The van der Waals surface area contributed by atoms with E-state index in [0.717, 1.165) is 33.0 Å². The summed E-state index contributed by atoms with van der Waals surface area (Å²) in [6.45, 7) is 11.6. The van der Waals surface area contributed by atoms with Crippen LogP contribution < -0.4 is 9.47 Å². The summed E-state index contributed by atoms with van der Waals surface area (Å²) in [7, 11) is 0.